The maximum Gasteiger partial charge on any atom is 0.291 e. The van der Waals surface area contributed by atoms with E-state index in [0.29, 0.717) is 0 Å². The van der Waals surface area contributed by atoms with Crippen LogP contribution in [0.2, 0.25) is 0 Å². The minimum Gasteiger partial charge on any atom is -0.391 e. The normalized spacial score (nSPS) is 11.6. The SMILES string of the molecule is C1=CNCC1.O=[N+]([O-])O.c1ccc2ccccc2c1. The van der Waals surface area contributed by atoms with Crippen molar-refractivity contribution in [2.24, 2.45) is 0 Å². The van der Waals surface area contributed by atoms with E-state index in [1.807, 2.05) is 6.20 Å². The van der Waals surface area contributed by atoms with Crippen LogP contribution in [-0.4, -0.2) is 16.8 Å². The van der Waals surface area contributed by atoms with Crippen molar-refractivity contribution in [3.63, 3.8) is 0 Å². The van der Waals surface area contributed by atoms with Gasteiger partial charge in [0.1, 0.15) is 0 Å². The van der Waals surface area contributed by atoms with E-state index in [1.165, 1.54) is 17.2 Å². The van der Waals surface area contributed by atoms with E-state index in [4.69, 9.17) is 15.3 Å². The first-order valence-electron chi connectivity index (χ1n) is 5.85. The molecule has 0 aliphatic carbocycles. The lowest BCUT2D eigenvalue weighted by Gasteiger charge is -1.92. The van der Waals surface area contributed by atoms with Gasteiger partial charge in [0, 0.05) is 6.54 Å². The smallest absolute Gasteiger partial charge is 0.291 e. The van der Waals surface area contributed by atoms with Crippen molar-refractivity contribution in [3.8, 4) is 0 Å². The van der Waals surface area contributed by atoms with E-state index >= 15 is 0 Å². The molecule has 0 fully saturated rings. The third kappa shape index (κ3) is 6.68. The van der Waals surface area contributed by atoms with Gasteiger partial charge in [-0.2, -0.15) is 0 Å². The van der Waals surface area contributed by atoms with Gasteiger partial charge >= 0.3 is 0 Å². The summed E-state index contributed by atoms with van der Waals surface area (Å²) in [6.45, 7) is 1.14. The summed E-state index contributed by atoms with van der Waals surface area (Å²) < 4.78 is 0. The second-order valence-corrected chi connectivity index (χ2v) is 3.73. The van der Waals surface area contributed by atoms with Crippen molar-refractivity contribution in [1.29, 1.82) is 0 Å². The molecule has 3 rings (SSSR count). The molecule has 0 amide bonds. The largest absolute Gasteiger partial charge is 0.391 e. The molecule has 19 heavy (non-hydrogen) atoms. The molecule has 2 aromatic rings. The Bertz CT molecular complexity index is 465. The molecule has 0 aromatic heterocycles. The molecular formula is C14H16N2O3. The highest BCUT2D eigenvalue weighted by atomic mass is 16.9. The third-order valence-corrected chi connectivity index (χ3v) is 2.35. The van der Waals surface area contributed by atoms with Crippen LogP contribution in [0.25, 0.3) is 10.8 Å². The van der Waals surface area contributed by atoms with E-state index in [2.05, 4.69) is 59.9 Å². The Balaban J connectivity index is 0.000000169. The second kappa shape index (κ2) is 8.52. The summed E-state index contributed by atoms with van der Waals surface area (Å²) in [5.74, 6) is 0. The lowest BCUT2D eigenvalue weighted by Crippen LogP contribution is -1.96. The Morgan fingerprint density at radius 2 is 1.47 bits per heavy atom. The molecule has 0 saturated heterocycles. The molecule has 0 bridgehead atoms. The summed E-state index contributed by atoms with van der Waals surface area (Å²) in [5.41, 5.74) is 0. The Kier molecular flexibility index (Phi) is 6.50. The zero-order chi connectivity index (χ0) is 13.9. The van der Waals surface area contributed by atoms with Crippen molar-refractivity contribution in [2.75, 3.05) is 6.54 Å². The predicted molar refractivity (Wildman–Crippen MR) is 74.5 cm³/mol. The fourth-order valence-corrected chi connectivity index (χ4v) is 1.55. The quantitative estimate of drug-likeness (QED) is 0.564. The van der Waals surface area contributed by atoms with Crippen molar-refractivity contribution in [1.82, 2.24) is 5.32 Å². The zero-order valence-electron chi connectivity index (χ0n) is 10.4. The number of hydrogen-bond acceptors (Lipinski definition) is 3. The fourth-order valence-electron chi connectivity index (χ4n) is 1.55. The number of hydrogen-bond donors (Lipinski definition) is 2. The van der Waals surface area contributed by atoms with Crippen LogP contribution in [0.15, 0.2) is 60.8 Å². The minimum absolute atomic E-state index is 1.14. The van der Waals surface area contributed by atoms with Gasteiger partial charge in [-0.3, -0.25) is 0 Å². The van der Waals surface area contributed by atoms with Gasteiger partial charge in [-0.25, -0.2) is 0 Å². The topological polar surface area (TPSA) is 75.4 Å². The van der Waals surface area contributed by atoms with Crippen molar-refractivity contribution in [3.05, 3.63) is 70.9 Å². The van der Waals surface area contributed by atoms with Crippen LogP contribution in [0.1, 0.15) is 6.42 Å². The number of nitrogens with zero attached hydrogens (tertiary/aromatic N) is 1. The van der Waals surface area contributed by atoms with E-state index in [1.54, 1.807) is 0 Å². The highest BCUT2D eigenvalue weighted by molar-refractivity contribution is 5.81. The standard InChI is InChI=1S/C10H8.C4H7N.HNO3/c1-2-6-10-8-4-3-7-9(10)5-1;1-2-4-5-3-1;2-1(3)4/h1-8H;1,3,5H,2,4H2;(H,2,3,4). The first kappa shape index (κ1) is 14.5. The Morgan fingerprint density at radius 3 is 1.68 bits per heavy atom. The average Bonchev–Trinajstić information content (AvgIpc) is 2.97. The molecule has 2 aromatic carbocycles. The highest BCUT2D eigenvalue weighted by Crippen LogP contribution is 2.11. The summed E-state index contributed by atoms with van der Waals surface area (Å²) in [4.78, 5) is 8.36. The Hall–Kier alpha value is -2.56. The third-order valence-electron chi connectivity index (χ3n) is 2.35. The first-order chi connectivity index (χ1) is 9.20. The van der Waals surface area contributed by atoms with E-state index < -0.39 is 5.09 Å². The van der Waals surface area contributed by atoms with E-state index in [0.717, 1.165) is 6.54 Å². The molecule has 1 aliphatic heterocycles. The molecule has 0 radical (unpaired) electrons. The number of nitrogens with one attached hydrogen (secondary N) is 1. The number of fused-ring (bicyclic) bond motifs is 1. The molecular weight excluding hydrogens is 244 g/mol. The zero-order valence-corrected chi connectivity index (χ0v) is 10.4. The van der Waals surface area contributed by atoms with Crippen LogP contribution in [0, 0.1) is 10.1 Å². The van der Waals surface area contributed by atoms with E-state index in [-0.39, 0.29) is 0 Å². The van der Waals surface area contributed by atoms with Crippen molar-refractivity contribution >= 4 is 10.8 Å². The van der Waals surface area contributed by atoms with Gasteiger partial charge in [-0.1, -0.05) is 54.6 Å². The summed E-state index contributed by atoms with van der Waals surface area (Å²) >= 11 is 0. The van der Waals surface area contributed by atoms with Crippen molar-refractivity contribution in [2.45, 2.75) is 6.42 Å². The van der Waals surface area contributed by atoms with E-state index in [9.17, 15) is 0 Å². The molecule has 0 spiro atoms. The summed E-state index contributed by atoms with van der Waals surface area (Å²) in [6.07, 6.45) is 5.32. The monoisotopic (exact) mass is 260 g/mol. The van der Waals surface area contributed by atoms with Gasteiger partial charge < -0.3 is 10.5 Å². The molecule has 1 heterocycles. The van der Waals surface area contributed by atoms with Crippen LogP contribution >= 0.6 is 0 Å². The summed E-state index contributed by atoms with van der Waals surface area (Å²) in [6, 6.07) is 16.7. The number of rotatable bonds is 0. The Labute approximate surface area is 111 Å². The number of benzene rings is 2. The van der Waals surface area contributed by atoms with Gasteiger partial charge in [0.2, 0.25) is 0 Å². The molecule has 100 valence electrons. The van der Waals surface area contributed by atoms with Gasteiger partial charge in [0.15, 0.2) is 0 Å². The second-order valence-electron chi connectivity index (χ2n) is 3.73. The van der Waals surface area contributed by atoms with Gasteiger partial charge in [-0.15, -0.1) is 10.1 Å². The molecule has 5 nitrogen and oxygen atoms in total. The Morgan fingerprint density at radius 1 is 1.05 bits per heavy atom. The highest BCUT2D eigenvalue weighted by Gasteiger charge is 1.85. The van der Waals surface area contributed by atoms with Gasteiger partial charge in [0.25, 0.3) is 5.09 Å². The maximum atomic E-state index is 8.36. The van der Waals surface area contributed by atoms with Crippen LogP contribution in [0.4, 0.5) is 0 Å². The van der Waals surface area contributed by atoms with Crippen LogP contribution < -0.4 is 5.32 Å². The molecule has 1 aliphatic rings. The van der Waals surface area contributed by atoms with Crippen molar-refractivity contribution < 1.29 is 10.3 Å². The first-order valence-corrected chi connectivity index (χ1v) is 5.85. The predicted octanol–water partition coefficient (Wildman–Crippen LogP) is 2.99. The maximum absolute atomic E-state index is 8.36. The summed E-state index contributed by atoms with van der Waals surface area (Å²) in [5, 5.41) is 19.3. The van der Waals surface area contributed by atoms with Crippen LogP contribution in [0.5, 0.6) is 0 Å². The summed E-state index contributed by atoms with van der Waals surface area (Å²) in [7, 11) is 0. The lowest BCUT2D eigenvalue weighted by atomic mass is 10.1. The molecule has 2 N–H and O–H groups in total. The average molecular weight is 260 g/mol. The molecule has 5 heteroatoms. The van der Waals surface area contributed by atoms with Crippen LogP contribution in [0.3, 0.4) is 0 Å². The van der Waals surface area contributed by atoms with Gasteiger partial charge in [0.05, 0.1) is 0 Å². The molecule has 0 saturated carbocycles. The molecule has 0 unspecified atom stereocenters. The van der Waals surface area contributed by atoms with Gasteiger partial charge in [-0.05, 0) is 23.4 Å². The molecule has 0 atom stereocenters. The lowest BCUT2D eigenvalue weighted by molar-refractivity contribution is -0.742. The minimum atomic E-state index is -1.50. The van der Waals surface area contributed by atoms with Crippen LogP contribution in [-0.2, 0) is 0 Å². The fraction of sp³-hybridized carbons (Fsp3) is 0.143.